The zero-order chi connectivity index (χ0) is 8.69. The van der Waals surface area contributed by atoms with Crippen molar-refractivity contribution in [2.24, 2.45) is 0 Å². The first kappa shape index (κ1) is 9.46. The second-order valence-corrected chi connectivity index (χ2v) is 1.66. The molecule has 0 spiro atoms. The summed E-state index contributed by atoms with van der Waals surface area (Å²) in [6.07, 6.45) is 0.782. The summed E-state index contributed by atoms with van der Waals surface area (Å²) in [6.45, 7) is 3.25. The molecule has 0 saturated heterocycles. The van der Waals surface area contributed by atoms with Crippen LogP contribution in [0.25, 0.3) is 0 Å². The van der Waals surface area contributed by atoms with E-state index in [0.29, 0.717) is 0 Å². The monoisotopic (exact) mass is 156 g/mol. The second kappa shape index (κ2) is 5.26. The summed E-state index contributed by atoms with van der Waals surface area (Å²) in [6, 6.07) is 0. The number of carboxylic acid groups (broad SMARTS) is 1. The normalized spacial score (nSPS) is 8.00. The van der Waals surface area contributed by atoms with Gasteiger partial charge in [0.15, 0.2) is 0 Å². The molecule has 0 fully saturated rings. The minimum atomic E-state index is -1.20. The van der Waals surface area contributed by atoms with Crippen molar-refractivity contribution in [3.8, 4) is 0 Å². The average molecular weight is 156 g/mol. The van der Waals surface area contributed by atoms with Gasteiger partial charge < -0.3 is 9.84 Å². The second-order valence-electron chi connectivity index (χ2n) is 1.66. The fraction of sp³-hybridized carbons (Fsp3) is 0.286. The third-order valence-electron chi connectivity index (χ3n) is 0.768. The zero-order valence-corrected chi connectivity index (χ0v) is 5.87. The van der Waals surface area contributed by atoms with Crippen LogP contribution >= 0.6 is 0 Å². The predicted octanol–water partition coefficient (Wildman–Crippen LogP) is 0.345. The van der Waals surface area contributed by atoms with E-state index in [0.717, 1.165) is 0 Å². The maximum Gasteiger partial charge on any atom is 0.317 e. The lowest BCUT2D eigenvalue weighted by molar-refractivity contribution is -0.150. The minimum absolute atomic E-state index is 0.0234. The van der Waals surface area contributed by atoms with Crippen LogP contribution in [0.5, 0.6) is 0 Å². The van der Waals surface area contributed by atoms with Gasteiger partial charge >= 0.3 is 11.9 Å². The van der Waals surface area contributed by atoms with Crippen LogP contribution < -0.4 is 0 Å². The number of carbonyl (C=O) groups is 2. The number of aliphatic carboxylic acids is 1. The molecule has 0 aliphatic heterocycles. The Morgan fingerprint density at radius 2 is 2.27 bits per heavy atom. The standard InChI is InChI=1S/C7H8O4/c1-2-3-4-11-7(10)5-6(8)9/h3H,1,4-5H2,(H,8,9). The van der Waals surface area contributed by atoms with Crippen LogP contribution in [0.2, 0.25) is 0 Å². The molecule has 60 valence electrons. The molecule has 0 aromatic rings. The van der Waals surface area contributed by atoms with Crippen molar-refractivity contribution in [1.29, 1.82) is 0 Å². The van der Waals surface area contributed by atoms with Crippen LogP contribution in [0.3, 0.4) is 0 Å². The van der Waals surface area contributed by atoms with E-state index in [1.165, 1.54) is 6.08 Å². The Bertz CT molecular complexity index is 200. The average Bonchev–Trinajstić information content (AvgIpc) is 1.86. The van der Waals surface area contributed by atoms with Gasteiger partial charge in [0, 0.05) is 0 Å². The molecule has 0 aliphatic carbocycles. The lowest BCUT2D eigenvalue weighted by Gasteiger charge is -1.96. The Balaban J connectivity index is 3.53. The van der Waals surface area contributed by atoms with Crippen LogP contribution in [0.15, 0.2) is 18.4 Å². The van der Waals surface area contributed by atoms with E-state index >= 15 is 0 Å². The molecule has 0 amide bonds. The molecule has 0 rings (SSSR count). The Labute approximate surface area is 63.8 Å². The van der Waals surface area contributed by atoms with Gasteiger partial charge in [0.2, 0.25) is 0 Å². The van der Waals surface area contributed by atoms with Crippen molar-refractivity contribution in [3.05, 3.63) is 18.4 Å². The first-order valence-electron chi connectivity index (χ1n) is 2.88. The molecule has 0 unspecified atom stereocenters. The molecule has 0 aromatic carbocycles. The summed E-state index contributed by atoms with van der Waals surface area (Å²) < 4.78 is 4.42. The van der Waals surface area contributed by atoms with E-state index in [2.05, 4.69) is 17.0 Å². The van der Waals surface area contributed by atoms with Gasteiger partial charge in [-0.2, -0.15) is 0 Å². The van der Waals surface area contributed by atoms with Crippen LogP contribution in [-0.2, 0) is 14.3 Å². The van der Waals surface area contributed by atoms with E-state index in [-0.39, 0.29) is 6.61 Å². The van der Waals surface area contributed by atoms with Crippen LogP contribution in [0.4, 0.5) is 0 Å². The van der Waals surface area contributed by atoms with Crippen molar-refractivity contribution in [1.82, 2.24) is 0 Å². The molecule has 4 heteroatoms. The summed E-state index contributed by atoms with van der Waals surface area (Å²) in [5.74, 6) is -1.96. The SMILES string of the molecule is C=C=CCOC(=O)CC(=O)O. The van der Waals surface area contributed by atoms with Crippen LogP contribution in [0.1, 0.15) is 6.42 Å². The molecule has 0 aromatic heterocycles. The largest absolute Gasteiger partial charge is 0.481 e. The van der Waals surface area contributed by atoms with Gasteiger partial charge in [-0.05, 0) is 6.08 Å². The summed E-state index contributed by atoms with van der Waals surface area (Å²) in [5.41, 5.74) is 2.38. The zero-order valence-electron chi connectivity index (χ0n) is 5.87. The minimum Gasteiger partial charge on any atom is -0.481 e. The number of hydrogen-bond acceptors (Lipinski definition) is 3. The number of carbonyl (C=O) groups excluding carboxylic acids is 1. The van der Waals surface area contributed by atoms with Gasteiger partial charge in [0.1, 0.15) is 13.0 Å². The number of hydrogen-bond donors (Lipinski definition) is 1. The van der Waals surface area contributed by atoms with Crippen molar-refractivity contribution >= 4 is 11.9 Å². The molecule has 0 aliphatic rings. The highest BCUT2D eigenvalue weighted by atomic mass is 16.5. The molecule has 0 bridgehead atoms. The fourth-order valence-electron chi connectivity index (χ4n) is 0.368. The van der Waals surface area contributed by atoms with Gasteiger partial charge in [-0.15, -0.1) is 5.73 Å². The van der Waals surface area contributed by atoms with Crippen molar-refractivity contribution in [3.63, 3.8) is 0 Å². The molecule has 11 heavy (non-hydrogen) atoms. The molecular formula is C7H8O4. The maximum atomic E-state index is 10.5. The van der Waals surface area contributed by atoms with E-state index in [1.54, 1.807) is 0 Å². The quantitative estimate of drug-likeness (QED) is 0.362. The lowest BCUT2D eigenvalue weighted by Crippen LogP contribution is -2.10. The van der Waals surface area contributed by atoms with Crippen molar-refractivity contribution < 1.29 is 19.4 Å². The first-order valence-corrected chi connectivity index (χ1v) is 2.88. The Kier molecular flexibility index (Phi) is 4.52. The predicted molar refractivity (Wildman–Crippen MR) is 36.9 cm³/mol. The number of carboxylic acids is 1. The maximum absolute atomic E-state index is 10.5. The van der Waals surface area contributed by atoms with Gasteiger partial charge in [-0.25, -0.2) is 0 Å². The third kappa shape index (κ3) is 6.34. The topological polar surface area (TPSA) is 63.6 Å². The van der Waals surface area contributed by atoms with Crippen LogP contribution in [0, 0.1) is 0 Å². The molecule has 0 heterocycles. The first-order chi connectivity index (χ1) is 5.16. The van der Waals surface area contributed by atoms with E-state index in [9.17, 15) is 9.59 Å². The van der Waals surface area contributed by atoms with E-state index in [4.69, 9.17) is 5.11 Å². The molecule has 0 atom stereocenters. The smallest absolute Gasteiger partial charge is 0.317 e. The van der Waals surface area contributed by atoms with E-state index in [1.807, 2.05) is 0 Å². The number of rotatable bonds is 4. The van der Waals surface area contributed by atoms with Gasteiger partial charge in [-0.1, -0.05) is 6.58 Å². The fourth-order valence-corrected chi connectivity index (χ4v) is 0.368. The lowest BCUT2D eigenvalue weighted by atomic mass is 10.4. The molecule has 1 N–H and O–H groups in total. The summed E-state index contributed by atoms with van der Waals surface area (Å²) in [4.78, 5) is 20.4. The Morgan fingerprint density at radius 3 is 2.73 bits per heavy atom. The molecular weight excluding hydrogens is 148 g/mol. The highest BCUT2D eigenvalue weighted by Crippen LogP contribution is 1.85. The van der Waals surface area contributed by atoms with Crippen LogP contribution in [-0.4, -0.2) is 23.7 Å². The Hall–Kier alpha value is -1.54. The van der Waals surface area contributed by atoms with E-state index < -0.39 is 18.4 Å². The van der Waals surface area contributed by atoms with Gasteiger partial charge in [-0.3, -0.25) is 9.59 Å². The summed E-state index contributed by atoms with van der Waals surface area (Å²) in [5, 5.41) is 8.10. The molecule has 4 nitrogen and oxygen atoms in total. The number of esters is 1. The third-order valence-corrected chi connectivity index (χ3v) is 0.768. The highest BCUT2D eigenvalue weighted by molar-refractivity contribution is 5.90. The number of ether oxygens (including phenoxy) is 1. The highest BCUT2D eigenvalue weighted by Gasteiger charge is 2.06. The summed E-state index contributed by atoms with van der Waals surface area (Å²) >= 11 is 0. The van der Waals surface area contributed by atoms with Gasteiger partial charge in [0.05, 0.1) is 0 Å². The Morgan fingerprint density at radius 1 is 1.64 bits per heavy atom. The summed E-state index contributed by atoms with van der Waals surface area (Å²) in [7, 11) is 0. The van der Waals surface area contributed by atoms with Crippen molar-refractivity contribution in [2.45, 2.75) is 6.42 Å². The molecule has 0 saturated carbocycles. The van der Waals surface area contributed by atoms with Gasteiger partial charge in [0.25, 0.3) is 0 Å². The van der Waals surface area contributed by atoms with Crippen molar-refractivity contribution in [2.75, 3.05) is 6.61 Å². The molecule has 0 radical (unpaired) electrons.